The molecule has 2 saturated heterocycles. The van der Waals surface area contributed by atoms with Crippen molar-refractivity contribution in [2.75, 3.05) is 73.7 Å². The average molecular weight is 390 g/mol. The Labute approximate surface area is 169 Å². The van der Waals surface area contributed by atoms with Crippen LogP contribution in [-0.2, 0) is 11.3 Å². The van der Waals surface area contributed by atoms with E-state index < -0.39 is 0 Å². The Morgan fingerprint density at radius 1 is 1.29 bits per heavy atom. The second-order valence-electron chi connectivity index (χ2n) is 7.74. The number of hydrogen-bond acceptors (Lipinski definition) is 5. The lowest BCUT2D eigenvalue weighted by atomic mass is 10.2. The van der Waals surface area contributed by atoms with Crippen LogP contribution in [0.25, 0.3) is 0 Å². The minimum absolute atomic E-state index is 0.607. The van der Waals surface area contributed by atoms with Gasteiger partial charge < -0.3 is 24.6 Å². The first-order valence-electron chi connectivity index (χ1n) is 10.3. The van der Waals surface area contributed by atoms with E-state index in [0.717, 1.165) is 64.2 Å². The SMILES string of the molecule is CN=C(NCc1cccc(OCCN(C)C)c1)N1CCC(N2CCOCC2)C1. The summed E-state index contributed by atoms with van der Waals surface area (Å²) in [6, 6.07) is 8.91. The van der Waals surface area contributed by atoms with Crippen molar-refractivity contribution in [2.24, 2.45) is 4.99 Å². The molecule has 2 fully saturated rings. The van der Waals surface area contributed by atoms with Crippen molar-refractivity contribution in [2.45, 2.75) is 19.0 Å². The van der Waals surface area contributed by atoms with Crippen molar-refractivity contribution in [1.29, 1.82) is 0 Å². The quantitative estimate of drug-likeness (QED) is 0.557. The van der Waals surface area contributed by atoms with E-state index in [1.807, 2.05) is 13.1 Å². The summed E-state index contributed by atoms with van der Waals surface area (Å²) < 4.78 is 11.3. The molecule has 1 aromatic carbocycles. The van der Waals surface area contributed by atoms with Gasteiger partial charge in [-0.3, -0.25) is 9.89 Å². The smallest absolute Gasteiger partial charge is 0.193 e. The highest BCUT2D eigenvalue weighted by atomic mass is 16.5. The van der Waals surface area contributed by atoms with Gasteiger partial charge in [-0.25, -0.2) is 0 Å². The highest BCUT2D eigenvalue weighted by molar-refractivity contribution is 5.80. The monoisotopic (exact) mass is 389 g/mol. The van der Waals surface area contributed by atoms with E-state index in [2.05, 4.69) is 57.3 Å². The normalized spacial score (nSPS) is 21.4. The van der Waals surface area contributed by atoms with E-state index >= 15 is 0 Å². The second-order valence-corrected chi connectivity index (χ2v) is 7.74. The Balaban J connectivity index is 1.47. The van der Waals surface area contributed by atoms with Crippen molar-refractivity contribution in [3.63, 3.8) is 0 Å². The summed E-state index contributed by atoms with van der Waals surface area (Å²) in [6.45, 7) is 8.25. The predicted molar refractivity (Wildman–Crippen MR) is 113 cm³/mol. The highest BCUT2D eigenvalue weighted by Gasteiger charge is 2.30. The largest absolute Gasteiger partial charge is 0.492 e. The van der Waals surface area contributed by atoms with E-state index in [9.17, 15) is 0 Å². The summed E-state index contributed by atoms with van der Waals surface area (Å²) in [7, 11) is 5.97. The van der Waals surface area contributed by atoms with Crippen LogP contribution >= 0.6 is 0 Å². The van der Waals surface area contributed by atoms with Gasteiger partial charge in [0.15, 0.2) is 5.96 Å². The summed E-state index contributed by atoms with van der Waals surface area (Å²) in [4.78, 5) is 11.6. The zero-order chi connectivity index (χ0) is 19.8. The minimum atomic E-state index is 0.607. The van der Waals surface area contributed by atoms with Crippen LogP contribution in [0.3, 0.4) is 0 Å². The Bertz CT molecular complexity index is 631. The van der Waals surface area contributed by atoms with Gasteiger partial charge in [0, 0.05) is 52.4 Å². The van der Waals surface area contributed by atoms with Crippen molar-refractivity contribution in [3.8, 4) is 5.75 Å². The summed E-state index contributed by atoms with van der Waals surface area (Å²) >= 11 is 0. The molecule has 7 nitrogen and oxygen atoms in total. The summed E-state index contributed by atoms with van der Waals surface area (Å²) in [5.74, 6) is 1.90. The van der Waals surface area contributed by atoms with Gasteiger partial charge in [0.05, 0.1) is 13.2 Å². The standard InChI is InChI=1S/C21H35N5O2/c1-22-21(26-8-7-19(17-26)25-10-12-27-13-11-25)23-16-18-5-4-6-20(15-18)28-14-9-24(2)3/h4-6,15,19H,7-14,16-17H2,1-3H3,(H,22,23). The number of morpholine rings is 1. The predicted octanol–water partition coefficient (Wildman–Crippen LogP) is 1.11. The lowest BCUT2D eigenvalue weighted by molar-refractivity contribution is 0.0195. The van der Waals surface area contributed by atoms with Crippen LogP contribution in [-0.4, -0.2) is 100 Å². The molecule has 0 radical (unpaired) electrons. The molecule has 2 heterocycles. The van der Waals surface area contributed by atoms with Crippen LogP contribution in [0.5, 0.6) is 5.75 Å². The number of likely N-dealkylation sites (N-methyl/N-ethyl adjacent to an activating group) is 1. The van der Waals surface area contributed by atoms with Crippen LogP contribution in [0.2, 0.25) is 0 Å². The number of nitrogens with one attached hydrogen (secondary N) is 1. The molecule has 0 saturated carbocycles. The molecule has 7 heteroatoms. The second kappa shape index (κ2) is 10.6. The number of guanidine groups is 1. The maximum absolute atomic E-state index is 5.85. The molecule has 1 atom stereocenters. The molecule has 3 rings (SSSR count). The van der Waals surface area contributed by atoms with Gasteiger partial charge >= 0.3 is 0 Å². The van der Waals surface area contributed by atoms with Crippen molar-refractivity contribution >= 4 is 5.96 Å². The van der Waals surface area contributed by atoms with Crippen LogP contribution in [0, 0.1) is 0 Å². The molecular formula is C21H35N5O2. The van der Waals surface area contributed by atoms with E-state index in [-0.39, 0.29) is 0 Å². The highest BCUT2D eigenvalue weighted by Crippen LogP contribution is 2.18. The molecule has 1 aromatic rings. The first-order valence-corrected chi connectivity index (χ1v) is 10.3. The molecule has 0 aliphatic carbocycles. The number of aliphatic imine (C=N–C) groups is 1. The van der Waals surface area contributed by atoms with E-state index in [4.69, 9.17) is 9.47 Å². The Hall–Kier alpha value is -1.83. The third-order valence-corrected chi connectivity index (χ3v) is 5.39. The minimum Gasteiger partial charge on any atom is -0.492 e. The van der Waals surface area contributed by atoms with E-state index in [1.165, 1.54) is 12.0 Å². The molecule has 0 bridgehead atoms. The number of likely N-dealkylation sites (tertiary alicyclic amines) is 1. The molecule has 28 heavy (non-hydrogen) atoms. The zero-order valence-corrected chi connectivity index (χ0v) is 17.6. The number of rotatable bonds is 7. The van der Waals surface area contributed by atoms with Crippen molar-refractivity contribution in [3.05, 3.63) is 29.8 Å². The Morgan fingerprint density at radius 3 is 2.86 bits per heavy atom. The summed E-state index contributed by atoms with van der Waals surface area (Å²) in [5, 5.41) is 3.52. The number of hydrogen-bond donors (Lipinski definition) is 1. The molecule has 1 N–H and O–H groups in total. The fourth-order valence-corrected chi connectivity index (χ4v) is 3.78. The average Bonchev–Trinajstić information content (AvgIpc) is 3.19. The molecule has 2 aliphatic rings. The van der Waals surface area contributed by atoms with Gasteiger partial charge in [-0.15, -0.1) is 0 Å². The molecular weight excluding hydrogens is 354 g/mol. The van der Waals surface area contributed by atoms with Gasteiger partial charge in [0.25, 0.3) is 0 Å². The molecule has 156 valence electrons. The Morgan fingerprint density at radius 2 is 2.11 bits per heavy atom. The third kappa shape index (κ3) is 6.09. The van der Waals surface area contributed by atoms with Crippen molar-refractivity contribution in [1.82, 2.24) is 20.0 Å². The van der Waals surface area contributed by atoms with Gasteiger partial charge in [-0.1, -0.05) is 12.1 Å². The van der Waals surface area contributed by atoms with Gasteiger partial charge in [-0.05, 0) is 38.2 Å². The molecule has 1 unspecified atom stereocenters. The Kier molecular flexibility index (Phi) is 7.94. The van der Waals surface area contributed by atoms with Crippen LogP contribution in [0.15, 0.2) is 29.3 Å². The van der Waals surface area contributed by atoms with Crippen LogP contribution in [0.1, 0.15) is 12.0 Å². The molecule has 0 aromatic heterocycles. The fourth-order valence-electron chi connectivity index (χ4n) is 3.78. The van der Waals surface area contributed by atoms with Crippen LogP contribution in [0.4, 0.5) is 0 Å². The number of ether oxygens (including phenoxy) is 2. The molecule has 2 aliphatic heterocycles. The number of benzene rings is 1. The lowest BCUT2D eigenvalue weighted by Gasteiger charge is -2.32. The molecule has 0 amide bonds. The summed E-state index contributed by atoms with van der Waals surface area (Å²) in [5.41, 5.74) is 1.20. The van der Waals surface area contributed by atoms with E-state index in [0.29, 0.717) is 12.6 Å². The maximum atomic E-state index is 5.85. The van der Waals surface area contributed by atoms with E-state index in [1.54, 1.807) is 0 Å². The topological polar surface area (TPSA) is 52.6 Å². The lowest BCUT2D eigenvalue weighted by Crippen LogP contribution is -2.46. The van der Waals surface area contributed by atoms with Gasteiger partial charge in [0.1, 0.15) is 12.4 Å². The first-order chi connectivity index (χ1) is 13.7. The van der Waals surface area contributed by atoms with Crippen LogP contribution < -0.4 is 10.1 Å². The third-order valence-electron chi connectivity index (χ3n) is 5.39. The first kappa shape index (κ1) is 20.9. The van der Waals surface area contributed by atoms with Gasteiger partial charge in [-0.2, -0.15) is 0 Å². The molecule has 0 spiro atoms. The fraction of sp³-hybridized carbons (Fsp3) is 0.667. The zero-order valence-electron chi connectivity index (χ0n) is 17.6. The maximum Gasteiger partial charge on any atom is 0.193 e. The van der Waals surface area contributed by atoms with Gasteiger partial charge in [0.2, 0.25) is 0 Å². The summed E-state index contributed by atoms with van der Waals surface area (Å²) in [6.07, 6.45) is 1.19. The number of nitrogens with zero attached hydrogens (tertiary/aromatic N) is 4. The van der Waals surface area contributed by atoms with Crippen molar-refractivity contribution < 1.29 is 9.47 Å².